The zero-order valence-electron chi connectivity index (χ0n) is 18.1. The SMILES string of the molecule is O=C(CSc1nnc(CSc2ccccc2)n1-c1ccccc1)N1CCCc2ccccc21. The Morgan fingerprint density at radius 1 is 0.848 bits per heavy atom. The highest BCUT2D eigenvalue weighted by molar-refractivity contribution is 7.99. The third-order valence-electron chi connectivity index (χ3n) is 5.56. The van der Waals surface area contributed by atoms with Crippen molar-refractivity contribution < 1.29 is 4.79 Å². The molecule has 0 atom stereocenters. The number of rotatable bonds is 7. The summed E-state index contributed by atoms with van der Waals surface area (Å²) in [4.78, 5) is 16.2. The van der Waals surface area contributed by atoms with Crippen molar-refractivity contribution in [3.05, 3.63) is 96.3 Å². The van der Waals surface area contributed by atoms with E-state index >= 15 is 0 Å². The highest BCUT2D eigenvalue weighted by atomic mass is 32.2. The lowest BCUT2D eigenvalue weighted by atomic mass is 10.0. The van der Waals surface area contributed by atoms with E-state index < -0.39 is 0 Å². The molecule has 1 amide bonds. The minimum Gasteiger partial charge on any atom is -0.311 e. The lowest BCUT2D eigenvalue weighted by molar-refractivity contribution is -0.116. The predicted molar refractivity (Wildman–Crippen MR) is 135 cm³/mol. The van der Waals surface area contributed by atoms with Crippen molar-refractivity contribution in [1.29, 1.82) is 0 Å². The van der Waals surface area contributed by atoms with E-state index in [1.807, 2.05) is 71.6 Å². The van der Waals surface area contributed by atoms with Crippen molar-refractivity contribution in [2.24, 2.45) is 0 Å². The van der Waals surface area contributed by atoms with E-state index in [1.54, 1.807) is 11.8 Å². The van der Waals surface area contributed by atoms with Gasteiger partial charge in [-0.25, -0.2) is 0 Å². The molecule has 5 rings (SSSR count). The number of fused-ring (bicyclic) bond motifs is 1. The molecule has 7 heteroatoms. The van der Waals surface area contributed by atoms with Gasteiger partial charge in [-0.05, 0) is 48.7 Å². The van der Waals surface area contributed by atoms with Gasteiger partial charge in [-0.2, -0.15) is 0 Å². The van der Waals surface area contributed by atoms with Crippen LogP contribution < -0.4 is 4.90 Å². The van der Waals surface area contributed by atoms with Crippen molar-refractivity contribution in [3.8, 4) is 5.69 Å². The molecule has 0 bridgehead atoms. The van der Waals surface area contributed by atoms with Gasteiger partial charge in [-0.15, -0.1) is 22.0 Å². The molecule has 166 valence electrons. The molecule has 0 saturated heterocycles. The summed E-state index contributed by atoms with van der Waals surface area (Å²) in [6.45, 7) is 0.765. The molecule has 0 N–H and O–H groups in total. The Morgan fingerprint density at radius 2 is 1.58 bits per heavy atom. The summed E-state index contributed by atoms with van der Waals surface area (Å²) >= 11 is 3.18. The van der Waals surface area contributed by atoms with Crippen molar-refractivity contribution in [1.82, 2.24) is 14.8 Å². The number of hydrogen-bond donors (Lipinski definition) is 0. The monoisotopic (exact) mass is 472 g/mol. The zero-order valence-corrected chi connectivity index (χ0v) is 19.8. The normalized spacial score (nSPS) is 13.0. The molecule has 1 aromatic heterocycles. The van der Waals surface area contributed by atoms with Crippen LogP contribution in [0.2, 0.25) is 0 Å². The van der Waals surface area contributed by atoms with Gasteiger partial charge < -0.3 is 4.90 Å². The standard InChI is InChI=1S/C26H24N4OS2/c31-25(29-17-9-11-20-10-7-8-16-23(20)29)19-33-26-28-27-24(18-32-22-14-5-2-6-15-22)30(26)21-12-3-1-4-13-21/h1-8,10,12-16H,9,11,17-19H2. The van der Waals surface area contributed by atoms with Crippen molar-refractivity contribution in [2.75, 3.05) is 17.2 Å². The Kier molecular flexibility index (Phi) is 6.79. The van der Waals surface area contributed by atoms with Gasteiger partial charge in [0.2, 0.25) is 5.91 Å². The number of aryl methyl sites for hydroxylation is 1. The van der Waals surface area contributed by atoms with E-state index in [0.717, 1.165) is 41.7 Å². The van der Waals surface area contributed by atoms with Crippen LogP contribution in [-0.4, -0.2) is 33.0 Å². The Hall–Kier alpha value is -3.03. The quantitative estimate of drug-likeness (QED) is 0.326. The second kappa shape index (κ2) is 10.3. The molecule has 33 heavy (non-hydrogen) atoms. The second-order valence-corrected chi connectivity index (χ2v) is 9.73. The van der Waals surface area contributed by atoms with Gasteiger partial charge in [0.15, 0.2) is 5.16 Å². The van der Waals surface area contributed by atoms with E-state index in [2.05, 4.69) is 33.0 Å². The smallest absolute Gasteiger partial charge is 0.237 e. The number of thioether (sulfide) groups is 2. The first-order chi connectivity index (χ1) is 16.3. The summed E-state index contributed by atoms with van der Waals surface area (Å²) in [5, 5.41) is 9.68. The van der Waals surface area contributed by atoms with Crippen LogP contribution in [0.15, 0.2) is 95.0 Å². The molecular formula is C26H24N4OS2. The molecule has 1 aliphatic heterocycles. The van der Waals surface area contributed by atoms with E-state index in [1.165, 1.54) is 22.2 Å². The zero-order chi connectivity index (χ0) is 22.5. The molecule has 0 radical (unpaired) electrons. The fourth-order valence-electron chi connectivity index (χ4n) is 3.99. The second-order valence-electron chi connectivity index (χ2n) is 7.74. The maximum absolute atomic E-state index is 13.1. The molecule has 0 unspecified atom stereocenters. The van der Waals surface area contributed by atoms with Gasteiger partial charge >= 0.3 is 0 Å². The van der Waals surface area contributed by atoms with Crippen LogP contribution in [0.25, 0.3) is 5.69 Å². The van der Waals surface area contributed by atoms with Crippen LogP contribution >= 0.6 is 23.5 Å². The summed E-state index contributed by atoms with van der Waals surface area (Å²) in [5.74, 6) is 1.99. The van der Waals surface area contributed by atoms with E-state index in [4.69, 9.17) is 0 Å². The molecular weight excluding hydrogens is 448 g/mol. The number of carbonyl (C=O) groups excluding carboxylic acids is 1. The van der Waals surface area contributed by atoms with Gasteiger partial charge in [0, 0.05) is 22.8 Å². The van der Waals surface area contributed by atoms with Crippen LogP contribution in [0, 0.1) is 0 Å². The molecule has 0 saturated carbocycles. The average molecular weight is 473 g/mol. The molecule has 0 aliphatic carbocycles. The fraction of sp³-hybridized carbons (Fsp3) is 0.192. The number of benzene rings is 3. The van der Waals surface area contributed by atoms with E-state index in [9.17, 15) is 4.79 Å². The largest absolute Gasteiger partial charge is 0.311 e. The predicted octanol–water partition coefficient (Wildman–Crippen LogP) is 5.63. The van der Waals surface area contributed by atoms with Gasteiger partial charge in [0.05, 0.1) is 11.5 Å². The number of nitrogens with zero attached hydrogens (tertiary/aromatic N) is 4. The first-order valence-corrected chi connectivity index (χ1v) is 13.0. The molecule has 5 nitrogen and oxygen atoms in total. The molecule has 4 aromatic rings. The number of amides is 1. The summed E-state index contributed by atoms with van der Waals surface area (Å²) in [7, 11) is 0. The van der Waals surface area contributed by atoms with Crippen LogP contribution in [0.3, 0.4) is 0 Å². The van der Waals surface area contributed by atoms with Crippen LogP contribution in [-0.2, 0) is 17.0 Å². The molecule has 3 aromatic carbocycles. The first-order valence-electron chi connectivity index (χ1n) is 11.0. The van der Waals surface area contributed by atoms with E-state index in [0.29, 0.717) is 11.5 Å². The fourth-order valence-corrected chi connectivity index (χ4v) is 5.66. The Labute approximate surface area is 202 Å². The number of para-hydroxylation sites is 2. The van der Waals surface area contributed by atoms with Gasteiger partial charge in [0.1, 0.15) is 5.82 Å². The molecule has 0 spiro atoms. The third kappa shape index (κ3) is 4.99. The minimum absolute atomic E-state index is 0.106. The van der Waals surface area contributed by atoms with Gasteiger partial charge in [-0.3, -0.25) is 9.36 Å². The van der Waals surface area contributed by atoms with Crippen molar-refractivity contribution >= 4 is 35.1 Å². The van der Waals surface area contributed by atoms with Crippen LogP contribution in [0.4, 0.5) is 5.69 Å². The maximum atomic E-state index is 13.1. The van der Waals surface area contributed by atoms with Crippen LogP contribution in [0.1, 0.15) is 17.8 Å². The van der Waals surface area contributed by atoms with E-state index in [-0.39, 0.29) is 5.91 Å². The topological polar surface area (TPSA) is 51.0 Å². The first kappa shape index (κ1) is 21.8. The lowest BCUT2D eigenvalue weighted by Crippen LogP contribution is -2.36. The Balaban J connectivity index is 1.35. The third-order valence-corrected chi connectivity index (χ3v) is 7.48. The Morgan fingerprint density at radius 3 is 2.39 bits per heavy atom. The van der Waals surface area contributed by atoms with Crippen molar-refractivity contribution in [3.63, 3.8) is 0 Å². The number of hydrogen-bond acceptors (Lipinski definition) is 5. The number of carbonyl (C=O) groups is 1. The molecule has 0 fully saturated rings. The highest BCUT2D eigenvalue weighted by Gasteiger charge is 2.23. The number of anilines is 1. The highest BCUT2D eigenvalue weighted by Crippen LogP contribution is 2.30. The lowest BCUT2D eigenvalue weighted by Gasteiger charge is -2.29. The summed E-state index contributed by atoms with van der Waals surface area (Å²) < 4.78 is 2.07. The van der Waals surface area contributed by atoms with Crippen LogP contribution in [0.5, 0.6) is 0 Å². The van der Waals surface area contributed by atoms with Crippen molar-refractivity contribution in [2.45, 2.75) is 28.6 Å². The van der Waals surface area contributed by atoms with Gasteiger partial charge in [-0.1, -0.05) is 66.4 Å². The maximum Gasteiger partial charge on any atom is 0.237 e. The summed E-state index contributed by atoms with van der Waals surface area (Å²) in [6, 6.07) is 28.6. The minimum atomic E-state index is 0.106. The van der Waals surface area contributed by atoms with Gasteiger partial charge in [0.25, 0.3) is 0 Å². The molecule has 1 aliphatic rings. The summed E-state index contributed by atoms with van der Waals surface area (Å²) in [6.07, 6.45) is 2.02. The number of aromatic nitrogens is 3. The molecule has 2 heterocycles. The average Bonchev–Trinajstić information content (AvgIpc) is 3.29. The Bertz CT molecular complexity index is 1230. The summed E-state index contributed by atoms with van der Waals surface area (Å²) in [5.41, 5.74) is 3.29.